The summed E-state index contributed by atoms with van der Waals surface area (Å²) >= 11 is 5.60. The number of fused-ring (bicyclic) bond motifs is 1. The number of amides is 1. The number of benzene rings is 2. The van der Waals surface area contributed by atoms with Gasteiger partial charge in [0.25, 0.3) is 5.91 Å². The van der Waals surface area contributed by atoms with Crippen LogP contribution in [0.5, 0.6) is 5.75 Å². The quantitative estimate of drug-likeness (QED) is 0.644. The molecule has 1 N–H and O–H groups in total. The smallest absolute Gasteiger partial charge is 0.417 e. The normalized spacial score (nSPS) is 19.6. The van der Waals surface area contributed by atoms with Gasteiger partial charge in [-0.3, -0.25) is 9.69 Å². The molecule has 1 amide bonds. The zero-order valence-electron chi connectivity index (χ0n) is 18.9. The van der Waals surface area contributed by atoms with Crippen LogP contribution in [0.2, 0.25) is 0 Å². The van der Waals surface area contributed by atoms with Crippen molar-refractivity contribution in [2.45, 2.75) is 44.5 Å². The lowest BCUT2D eigenvalue weighted by atomic mass is 9.99. The monoisotopic (exact) mass is 488 g/mol. The van der Waals surface area contributed by atoms with Crippen molar-refractivity contribution in [2.24, 2.45) is 0 Å². The van der Waals surface area contributed by atoms with Crippen LogP contribution in [0.1, 0.15) is 37.0 Å². The Kier molecular flexibility index (Phi) is 6.04. The Morgan fingerprint density at radius 3 is 2.59 bits per heavy atom. The van der Waals surface area contributed by atoms with Crippen LogP contribution >= 0.6 is 12.2 Å². The highest BCUT2D eigenvalue weighted by Gasteiger charge is 2.51. The van der Waals surface area contributed by atoms with Crippen LogP contribution < -0.4 is 19.9 Å². The number of nitrogens with one attached hydrogen (secondary N) is 1. The van der Waals surface area contributed by atoms with Gasteiger partial charge in [-0.15, -0.1) is 0 Å². The predicted octanol–water partition coefficient (Wildman–Crippen LogP) is 4.41. The number of anilines is 2. The van der Waals surface area contributed by atoms with Crippen molar-refractivity contribution < 1.29 is 22.7 Å². The van der Waals surface area contributed by atoms with Gasteiger partial charge in [0.1, 0.15) is 17.4 Å². The molecule has 2 aromatic carbocycles. The molecule has 1 atom stereocenters. The molecule has 178 valence electrons. The van der Waals surface area contributed by atoms with E-state index in [2.05, 4.69) is 5.32 Å². The molecule has 0 bridgehead atoms. The van der Waals surface area contributed by atoms with Gasteiger partial charge in [0.05, 0.1) is 22.9 Å². The van der Waals surface area contributed by atoms with Gasteiger partial charge in [-0.25, -0.2) is 0 Å². The van der Waals surface area contributed by atoms with Gasteiger partial charge in [0.2, 0.25) is 0 Å². The van der Waals surface area contributed by atoms with E-state index < -0.39 is 28.7 Å². The number of halogens is 3. The molecule has 0 aliphatic carbocycles. The maximum atomic E-state index is 13.5. The zero-order chi connectivity index (χ0) is 24.8. The van der Waals surface area contributed by atoms with Crippen molar-refractivity contribution in [1.29, 1.82) is 5.26 Å². The van der Waals surface area contributed by atoms with Crippen molar-refractivity contribution in [3.8, 4) is 11.8 Å². The Bertz CT molecular complexity index is 1210. The van der Waals surface area contributed by atoms with Crippen molar-refractivity contribution in [3.05, 3.63) is 53.1 Å². The lowest BCUT2D eigenvalue weighted by Gasteiger charge is -2.32. The fraction of sp³-hybridized carbons (Fsp3) is 0.375. The number of nitriles is 1. The molecule has 2 aliphatic rings. The Morgan fingerprint density at radius 2 is 1.94 bits per heavy atom. The highest BCUT2D eigenvalue weighted by atomic mass is 32.1. The van der Waals surface area contributed by atoms with Gasteiger partial charge in [-0.1, -0.05) is 0 Å². The number of alkyl halides is 3. The molecule has 1 saturated heterocycles. The van der Waals surface area contributed by atoms with Gasteiger partial charge >= 0.3 is 6.18 Å². The van der Waals surface area contributed by atoms with E-state index in [0.29, 0.717) is 5.69 Å². The van der Waals surface area contributed by atoms with Gasteiger partial charge in [-0.05, 0) is 87.9 Å². The Labute approximate surface area is 200 Å². The molecule has 0 radical (unpaired) electrons. The number of nitrogens with zero attached hydrogens (tertiary/aromatic N) is 3. The number of aryl methyl sites for hydroxylation is 1. The van der Waals surface area contributed by atoms with Crippen LogP contribution in [0.15, 0.2) is 36.4 Å². The largest absolute Gasteiger partial charge is 0.489 e. The summed E-state index contributed by atoms with van der Waals surface area (Å²) in [4.78, 5) is 16.1. The first-order valence-corrected chi connectivity index (χ1v) is 11.1. The number of thiocarbonyl (C=S) groups is 1. The Hall–Kier alpha value is -3.16. The second kappa shape index (κ2) is 8.56. The maximum Gasteiger partial charge on any atom is 0.417 e. The molecule has 0 unspecified atom stereocenters. The van der Waals surface area contributed by atoms with Crippen LogP contribution in [0.25, 0.3) is 0 Å². The second-order valence-electron chi connectivity index (χ2n) is 8.79. The maximum absolute atomic E-state index is 13.5. The van der Waals surface area contributed by atoms with Crippen molar-refractivity contribution >= 4 is 34.6 Å². The molecule has 0 saturated carbocycles. The predicted molar refractivity (Wildman–Crippen MR) is 126 cm³/mol. The lowest BCUT2D eigenvalue weighted by Crippen LogP contribution is -2.44. The SMILES string of the molecule is CNC[C@@H]1CCc2cc(N3C(=S)N(c4ccc(C#N)c(C(F)(F)F)c4)C(=O)C3(C)C)ccc2O1. The molecule has 2 aliphatic heterocycles. The number of rotatable bonds is 4. The molecular weight excluding hydrogens is 465 g/mol. The van der Waals surface area contributed by atoms with E-state index in [0.717, 1.165) is 47.7 Å². The third-order valence-electron chi connectivity index (χ3n) is 6.12. The lowest BCUT2D eigenvalue weighted by molar-refractivity contribution is -0.137. The minimum absolute atomic E-state index is 0.0342. The molecule has 6 nitrogen and oxygen atoms in total. The first kappa shape index (κ1) is 24.0. The highest BCUT2D eigenvalue weighted by Crippen LogP contribution is 2.41. The zero-order valence-corrected chi connectivity index (χ0v) is 19.7. The van der Waals surface area contributed by atoms with Crippen LogP contribution in [0.4, 0.5) is 24.5 Å². The van der Waals surface area contributed by atoms with E-state index in [-0.39, 0.29) is 16.9 Å². The molecule has 10 heteroatoms. The number of hydrogen-bond donors (Lipinski definition) is 1. The average Bonchev–Trinajstić information content (AvgIpc) is 2.96. The first-order valence-electron chi connectivity index (χ1n) is 10.7. The standard InChI is InChI=1S/C24H23F3N4O2S/c1-23(2)21(32)30(16-6-4-15(12-28)19(11-16)24(25,26)27)22(34)31(23)17-7-9-20-14(10-17)5-8-18(33-20)13-29-3/h4,6-7,9-11,18,29H,5,8,13H2,1-3H3/t18-/m0/s1. The fourth-order valence-electron chi connectivity index (χ4n) is 4.40. The number of carbonyl (C=O) groups excluding carboxylic acids is 1. The topological polar surface area (TPSA) is 68.6 Å². The second-order valence-corrected chi connectivity index (χ2v) is 9.15. The Balaban J connectivity index is 1.71. The van der Waals surface area contributed by atoms with Crippen LogP contribution in [-0.4, -0.2) is 36.3 Å². The summed E-state index contributed by atoms with van der Waals surface area (Å²) in [5.41, 5.74) is -1.16. The molecule has 34 heavy (non-hydrogen) atoms. The van der Waals surface area contributed by atoms with E-state index in [4.69, 9.17) is 22.2 Å². The fourth-order valence-corrected chi connectivity index (χ4v) is 4.92. The summed E-state index contributed by atoms with van der Waals surface area (Å²) in [6, 6.07) is 10.3. The summed E-state index contributed by atoms with van der Waals surface area (Å²) in [7, 11) is 1.87. The molecule has 0 aromatic heterocycles. The Morgan fingerprint density at radius 1 is 1.24 bits per heavy atom. The number of likely N-dealkylation sites (N-methyl/N-ethyl adjacent to an activating group) is 1. The van der Waals surface area contributed by atoms with Gasteiger partial charge < -0.3 is 15.0 Å². The van der Waals surface area contributed by atoms with Crippen molar-refractivity contribution in [3.63, 3.8) is 0 Å². The number of carbonyl (C=O) groups is 1. The molecule has 1 fully saturated rings. The summed E-state index contributed by atoms with van der Waals surface area (Å²) in [5.74, 6) is 0.307. The van der Waals surface area contributed by atoms with E-state index in [1.54, 1.807) is 30.9 Å². The van der Waals surface area contributed by atoms with E-state index in [1.807, 2.05) is 19.2 Å². The molecule has 4 rings (SSSR count). The first-order chi connectivity index (χ1) is 16.0. The summed E-state index contributed by atoms with van der Waals surface area (Å²) in [6.07, 6.45) is -3.05. The van der Waals surface area contributed by atoms with Crippen LogP contribution in [0, 0.1) is 11.3 Å². The summed E-state index contributed by atoms with van der Waals surface area (Å²) in [5, 5.41) is 12.3. The van der Waals surface area contributed by atoms with Crippen molar-refractivity contribution in [1.82, 2.24) is 5.32 Å². The summed E-state index contributed by atoms with van der Waals surface area (Å²) in [6.45, 7) is 4.09. The van der Waals surface area contributed by atoms with Gasteiger partial charge in [0.15, 0.2) is 5.11 Å². The number of ether oxygens (including phenoxy) is 1. The highest BCUT2D eigenvalue weighted by molar-refractivity contribution is 7.81. The van der Waals surface area contributed by atoms with E-state index in [9.17, 15) is 18.0 Å². The van der Waals surface area contributed by atoms with E-state index in [1.165, 1.54) is 6.07 Å². The third kappa shape index (κ3) is 3.99. The minimum atomic E-state index is -4.75. The third-order valence-corrected chi connectivity index (χ3v) is 6.48. The van der Waals surface area contributed by atoms with Gasteiger partial charge in [0, 0.05) is 12.2 Å². The molecule has 0 spiro atoms. The van der Waals surface area contributed by atoms with Gasteiger partial charge in [-0.2, -0.15) is 18.4 Å². The molecular formula is C24H23F3N4O2S. The van der Waals surface area contributed by atoms with Crippen molar-refractivity contribution in [2.75, 3.05) is 23.4 Å². The van der Waals surface area contributed by atoms with Crippen LogP contribution in [0.3, 0.4) is 0 Å². The molecule has 2 heterocycles. The molecule has 2 aromatic rings. The number of hydrogen-bond acceptors (Lipinski definition) is 5. The van der Waals surface area contributed by atoms with E-state index >= 15 is 0 Å². The minimum Gasteiger partial charge on any atom is -0.489 e. The average molecular weight is 489 g/mol. The summed E-state index contributed by atoms with van der Waals surface area (Å²) < 4.78 is 46.6. The van der Waals surface area contributed by atoms with Crippen LogP contribution in [-0.2, 0) is 17.4 Å².